The Morgan fingerprint density at radius 3 is 2.81 bits per heavy atom. The van der Waals surface area contributed by atoms with Crippen molar-refractivity contribution in [2.24, 2.45) is 0 Å². The number of aromatic nitrogens is 4. The Balaban J connectivity index is 1.72. The van der Waals surface area contributed by atoms with E-state index in [1.165, 1.54) is 18.2 Å². The smallest absolute Gasteiger partial charge is 0.314 e. The van der Waals surface area contributed by atoms with Crippen molar-refractivity contribution in [1.29, 1.82) is 0 Å². The molecule has 0 atom stereocenters. The van der Waals surface area contributed by atoms with Crippen LogP contribution in [0, 0.1) is 5.82 Å². The molecule has 0 aliphatic carbocycles. The molecule has 3 aromatic rings. The van der Waals surface area contributed by atoms with Gasteiger partial charge in [-0.25, -0.2) is 23.4 Å². The van der Waals surface area contributed by atoms with Crippen LogP contribution in [0.2, 0.25) is 0 Å². The van der Waals surface area contributed by atoms with E-state index in [2.05, 4.69) is 42.1 Å². The van der Waals surface area contributed by atoms with Crippen molar-refractivity contribution in [2.45, 2.75) is 0 Å². The molecule has 1 aliphatic rings. The Labute approximate surface area is 154 Å². The number of benzene rings is 1. The van der Waals surface area contributed by atoms with E-state index in [-0.39, 0.29) is 16.0 Å². The molecule has 1 aromatic carbocycles. The maximum absolute atomic E-state index is 13.5. The molecular formula is C14H13BrFN7O3. The van der Waals surface area contributed by atoms with E-state index in [9.17, 15) is 9.18 Å². The van der Waals surface area contributed by atoms with Crippen molar-refractivity contribution >= 4 is 21.7 Å². The zero-order chi connectivity index (χ0) is 18.1. The number of halogens is 2. The van der Waals surface area contributed by atoms with Crippen LogP contribution in [0.1, 0.15) is 0 Å². The Bertz CT molecular complexity index is 979. The van der Waals surface area contributed by atoms with Crippen LogP contribution in [0.4, 0.5) is 10.2 Å². The monoisotopic (exact) mass is 425 g/mol. The molecule has 4 rings (SSSR count). The van der Waals surface area contributed by atoms with Gasteiger partial charge in [-0.1, -0.05) is 5.16 Å². The van der Waals surface area contributed by atoms with Crippen molar-refractivity contribution in [3.8, 4) is 17.2 Å². The third-order valence-corrected chi connectivity index (χ3v) is 4.46. The first-order valence-electron chi connectivity index (χ1n) is 7.73. The lowest BCUT2D eigenvalue weighted by atomic mass is 10.3. The first kappa shape index (κ1) is 16.9. The molecule has 10 nitrogen and oxygen atoms in total. The molecule has 0 radical (unpaired) electrons. The van der Waals surface area contributed by atoms with Gasteiger partial charge in [0.2, 0.25) is 11.6 Å². The second kappa shape index (κ2) is 6.97. The highest BCUT2D eigenvalue weighted by Crippen LogP contribution is 2.26. The van der Waals surface area contributed by atoms with E-state index in [0.29, 0.717) is 11.5 Å². The average molecular weight is 426 g/mol. The summed E-state index contributed by atoms with van der Waals surface area (Å²) in [5.41, 5.74) is 3.66. The summed E-state index contributed by atoms with van der Waals surface area (Å²) in [5.74, 6) is -0.805. The van der Waals surface area contributed by atoms with Gasteiger partial charge in [-0.3, -0.25) is 9.95 Å². The molecule has 1 aliphatic heterocycles. The molecule has 136 valence electrons. The topological polar surface area (TPSA) is 114 Å². The van der Waals surface area contributed by atoms with Gasteiger partial charge in [-0.15, -0.1) is 0 Å². The van der Waals surface area contributed by atoms with Crippen molar-refractivity contribution in [3.63, 3.8) is 0 Å². The molecule has 2 aromatic heterocycles. The van der Waals surface area contributed by atoms with Crippen LogP contribution in [0.3, 0.4) is 0 Å². The minimum atomic E-state index is -0.741. The molecule has 0 saturated carbocycles. The van der Waals surface area contributed by atoms with Gasteiger partial charge < -0.3 is 5.32 Å². The summed E-state index contributed by atoms with van der Waals surface area (Å²) in [4.78, 5) is 12.1. The number of hydrogen-bond acceptors (Lipinski definition) is 9. The number of hydrogen-bond donors (Lipinski definition) is 2. The van der Waals surface area contributed by atoms with E-state index < -0.39 is 11.6 Å². The van der Waals surface area contributed by atoms with Crippen LogP contribution in [0.15, 0.2) is 36.6 Å². The summed E-state index contributed by atoms with van der Waals surface area (Å²) in [5, 5.41) is 16.6. The van der Waals surface area contributed by atoms with Gasteiger partial charge in [0, 0.05) is 26.2 Å². The Hall–Kier alpha value is -2.57. The van der Waals surface area contributed by atoms with Crippen molar-refractivity contribution in [2.75, 3.05) is 31.6 Å². The van der Waals surface area contributed by atoms with Crippen molar-refractivity contribution < 1.29 is 13.5 Å². The molecule has 2 N–H and O–H groups in total. The largest absolute Gasteiger partial charge is 0.446 e. The number of nitrogens with one attached hydrogen (secondary N) is 2. The fourth-order valence-corrected chi connectivity index (χ4v) is 2.95. The van der Waals surface area contributed by atoms with Crippen LogP contribution in [0.25, 0.3) is 17.2 Å². The standard InChI is InChI=1S/C14H13BrFN7O3/c15-9-7-8(1-2-10(9)16)23-13(21-25-14(23)24)11-12(20-26-19-11)18-22-5-3-17-4-6-22/h1-2,7,17H,3-6H2,(H,18,20). The predicted molar refractivity (Wildman–Crippen MR) is 91.1 cm³/mol. The molecule has 12 heteroatoms. The molecule has 26 heavy (non-hydrogen) atoms. The van der Waals surface area contributed by atoms with Crippen molar-refractivity contribution in [3.05, 3.63) is 39.0 Å². The van der Waals surface area contributed by atoms with E-state index in [0.717, 1.165) is 30.7 Å². The Morgan fingerprint density at radius 1 is 1.23 bits per heavy atom. The molecule has 0 bridgehead atoms. The average Bonchev–Trinajstić information content (AvgIpc) is 3.24. The van der Waals surface area contributed by atoms with E-state index in [4.69, 9.17) is 9.15 Å². The highest BCUT2D eigenvalue weighted by atomic mass is 79.9. The zero-order valence-corrected chi connectivity index (χ0v) is 14.9. The third-order valence-electron chi connectivity index (χ3n) is 3.85. The van der Waals surface area contributed by atoms with Gasteiger partial charge >= 0.3 is 5.76 Å². The van der Waals surface area contributed by atoms with Crippen LogP contribution < -0.4 is 16.5 Å². The first-order chi connectivity index (χ1) is 12.6. The zero-order valence-electron chi connectivity index (χ0n) is 13.3. The maximum Gasteiger partial charge on any atom is 0.446 e. The van der Waals surface area contributed by atoms with E-state index in [1.54, 1.807) is 0 Å². The van der Waals surface area contributed by atoms with Crippen LogP contribution in [0.5, 0.6) is 0 Å². The summed E-state index contributed by atoms with van der Waals surface area (Å²) in [7, 11) is 0. The van der Waals surface area contributed by atoms with Gasteiger partial charge in [-0.05, 0) is 44.4 Å². The molecule has 0 amide bonds. The number of rotatable bonds is 4. The first-order valence-corrected chi connectivity index (χ1v) is 8.52. The summed E-state index contributed by atoms with van der Waals surface area (Å²) in [6.45, 7) is 3.16. The van der Waals surface area contributed by atoms with E-state index >= 15 is 0 Å². The fraction of sp³-hybridized carbons (Fsp3) is 0.286. The molecular weight excluding hydrogens is 413 g/mol. The van der Waals surface area contributed by atoms with Crippen LogP contribution in [-0.4, -0.2) is 51.2 Å². The van der Waals surface area contributed by atoms with Gasteiger partial charge in [0.25, 0.3) is 0 Å². The number of nitrogens with zero attached hydrogens (tertiary/aromatic N) is 5. The van der Waals surface area contributed by atoms with Gasteiger partial charge in [-0.2, -0.15) is 0 Å². The molecule has 0 spiro atoms. The molecule has 3 heterocycles. The van der Waals surface area contributed by atoms with E-state index in [1.807, 2.05) is 5.01 Å². The lowest BCUT2D eigenvalue weighted by molar-refractivity contribution is 0.277. The van der Waals surface area contributed by atoms with Crippen LogP contribution >= 0.6 is 15.9 Å². The van der Waals surface area contributed by atoms with Gasteiger partial charge in [0.1, 0.15) is 5.82 Å². The number of hydrazine groups is 1. The Morgan fingerprint density at radius 2 is 2.04 bits per heavy atom. The minimum Gasteiger partial charge on any atom is -0.314 e. The fourth-order valence-electron chi connectivity index (χ4n) is 2.59. The quantitative estimate of drug-likeness (QED) is 0.631. The number of anilines is 1. The maximum atomic E-state index is 13.5. The summed E-state index contributed by atoms with van der Waals surface area (Å²) in [6, 6.07) is 4.09. The summed E-state index contributed by atoms with van der Waals surface area (Å²) in [6.07, 6.45) is 0. The predicted octanol–water partition coefficient (Wildman–Crippen LogP) is 1.01. The molecule has 0 unspecified atom stereocenters. The summed E-state index contributed by atoms with van der Waals surface area (Å²) < 4.78 is 24.5. The lowest BCUT2D eigenvalue weighted by Gasteiger charge is -2.27. The number of piperazine rings is 1. The van der Waals surface area contributed by atoms with Gasteiger partial charge in [0.05, 0.1) is 10.2 Å². The van der Waals surface area contributed by atoms with Gasteiger partial charge in [0.15, 0.2) is 5.69 Å². The molecule has 1 saturated heterocycles. The SMILES string of the molecule is O=c1onc(-c2nonc2NN2CCNCC2)n1-c1ccc(F)c(Br)c1. The second-order valence-electron chi connectivity index (χ2n) is 5.52. The van der Waals surface area contributed by atoms with Crippen molar-refractivity contribution in [1.82, 2.24) is 30.4 Å². The Kier molecular flexibility index (Phi) is 4.53. The second-order valence-corrected chi connectivity index (χ2v) is 6.37. The highest BCUT2D eigenvalue weighted by molar-refractivity contribution is 9.10. The minimum absolute atomic E-state index is 0.0902. The molecule has 1 fully saturated rings. The van der Waals surface area contributed by atoms with Crippen LogP contribution in [-0.2, 0) is 0 Å². The normalized spacial score (nSPS) is 15.3. The third kappa shape index (κ3) is 3.13. The highest BCUT2D eigenvalue weighted by Gasteiger charge is 2.24. The lowest BCUT2D eigenvalue weighted by Crippen LogP contribution is -2.46. The summed E-state index contributed by atoms with van der Waals surface area (Å²) >= 11 is 3.10.